The van der Waals surface area contributed by atoms with E-state index < -0.39 is 0 Å². The number of aryl methyl sites for hydroxylation is 1. The third kappa shape index (κ3) is 3.33. The number of hydrogen-bond acceptors (Lipinski definition) is 3. The van der Waals surface area contributed by atoms with Gasteiger partial charge in [-0.05, 0) is 24.3 Å². The number of hydrogen-bond donors (Lipinski definition) is 2. The minimum Gasteiger partial charge on any atom is -0.322 e. The Bertz CT molecular complexity index is 854. The second kappa shape index (κ2) is 6.78. The van der Waals surface area contributed by atoms with Crippen LogP contribution in [0.25, 0.3) is 11.3 Å². The molecule has 6 heteroatoms. The van der Waals surface area contributed by atoms with Gasteiger partial charge in [0.15, 0.2) is 0 Å². The van der Waals surface area contributed by atoms with E-state index in [0.717, 1.165) is 11.3 Å². The average Bonchev–Trinajstić information content (AvgIpc) is 2.97. The molecule has 3 rings (SSSR count). The number of carbonyl (C=O) groups is 2. The maximum atomic E-state index is 12.1. The van der Waals surface area contributed by atoms with Gasteiger partial charge in [-0.3, -0.25) is 14.3 Å². The summed E-state index contributed by atoms with van der Waals surface area (Å²) in [6.45, 7) is 0. The molecule has 0 aliphatic heterocycles. The molecule has 3 aromatic rings. The van der Waals surface area contributed by atoms with Crippen LogP contribution < -0.4 is 10.6 Å². The lowest BCUT2D eigenvalue weighted by Gasteiger charge is -2.05. The van der Waals surface area contributed by atoms with Crippen molar-refractivity contribution in [2.75, 3.05) is 10.6 Å². The summed E-state index contributed by atoms with van der Waals surface area (Å²) >= 11 is 0. The predicted molar refractivity (Wildman–Crippen MR) is 92.7 cm³/mol. The molecular formula is C18H16N4O2. The summed E-state index contributed by atoms with van der Waals surface area (Å²) in [5.74, 6) is 0.458. The zero-order chi connectivity index (χ0) is 16.9. The molecule has 6 nitrogen and oxygen atoms in total. The van der Waals surface area contributed by atoms with Crippen molar-refractivity contribution in [3.8, 4) is 11.3 Å². The Morgan fingerprint density at radius 3 is 2.46 bits per heavy atom. The smallest absolute Gasteiger partial charge is 0.255 e. The fourth-order valence-corrected chi connectivity index (χ4v) is 2.32. The van der Waals surface area contributed by atoms with Gasteiger partial charge in [0.25, 0.3) is 5.91 Å². The van der Waals surface area contributed by atoms with Gasteiger partial charge < -0.3 is 10.6 Å². The molecule has 0 fully saturated rings. The monoisotopic (exact) mass is 320 g/mol. The first-order valence-corrected chi connectivity index (χ1v) is 7.38. The van der Waals surface area contributed by atoms with Crippen molar-refractivity contribution < 1.29 is 9.59 Å². The van der Waals surface area contributed by atoms with Crippen LogP contribution in [0.1, 0.15) is 10.4 Å². The van der Waals surface area contributed by atoms with Crippen molar-refractivity contribution in [3.63, 3.8) is 0 Å². The standard InChI is InChI=1S/C18H16N4O2/c1-22-17(19-12-23)11-16(21-22)13-7-9-15(10-8-13)20-18(24)14-5-3-2-4-6-14/h2-12H,1H3,(H,19,23)(H,20,24). The van der Waals surface area contributed by atoms with Gasteiger partial charge in [0.1, 0.15) is 5.82 Å². The molecule has 0 atom stereocenters. The van der Waals surface area contributed by atoms with Crippen LogP contribution in [0.5, 0.6) is 0 Å². The van der Waals surface area contributed by atoms with E-state index >= 15 is 0 Å². The SMILES string of the molecule is Cn1nc(-c2ccc(NC(=O)c3ccccc3)cc2)cc1NC=O. The topological polar surface area (TPSA) is 76.0 Å². The molecule has 2 N–H and O–H groups in total. The molecule has 120 valence electrons. The van der Waals surface area contributed by atoms with Crippen LogP contribution in [0.4, 0.5) is 11.5 Å². The highest BCUT2D eigenvalue weighted by Crippen LogP contribution is 2.23. The summed E-state index contributed by atoms with van der Waals surface area (Å²) in [7, 11) is 1.75. The van der Waals surface area contributed by atoms with Gasteiger partial charge in [0.05, 0.1) is 5.69 Å². The Kier molecular flexibility index (Phi) is 4.38. The molecule has 1 aromatic heterocycles. The number of nitrogens with zero attached hydrogens (tertiary/aromatic N) is 2. The van der Waals surface area contributed by atoms with Gasteiger partial charge in [0.2, 0.25) is 6.41 Å². The van der Waals surface area contributed by atoms with Crippen molar-refractivity contribution in [1.82, 2.24) is 9.78 Å². The van der Waals surface area contributed by atoms with Gasteiger partial charge >= 0.3 is 0 Å². The van der Waals surface area contributed by atoms with Crippen LogP contribution in [0.3, 0.4) is 0 Å². The summed E-state index contributed by atoms with van der Waals surface area (Å²) in [6, 6.07) is 18.2. The summed E-state index contributed by atoms with van der Waals surface area (Å²) in [5.41, 5.74) is 2.94. The van der Waals surface area contributed by atoms with Gasteiger partial charge in [-0.15, -0.1) is 0 Å². The molecule has 0 aliphatic rings. The number of carbonyl (C=O) groups excluding carboxylic acids is 2. The maximum Gasteiger partial charge on any atom is 0.255 e. The van der Waals surface area contributed by atoms with Gasteiger partial charge in [-0.1, -0.05) is 30.3 Å². The van der Waals surface area contributed by atoms with Gasteiger partial charge in [0, 0.05) is 29.9 Å². The molecule has 0 spiro atoms. The molecule has 2 aromatic carbocycles. The van der Waals surface area contributed by atoms with E-state index in [0.29, 0.717) is 23.5 Å². The number of rotatable bonds is 5. The molecule has 0 bridgehead atoms. The Labute approximate surface area is 139 Å². The number of amides is 2. The fraction of sp³-hybridized carbons (Fsp3) is 0.0556. The number of aromatic nitrogens is 2. The van der Waals surface area contributed by atoms with E-state index in [4.69, 9.17) is 0 Å². The first kappa shape index (κ1) is 15.5. The Morgan fingerprint density at radius 2 is 1.79 bits per heavy atom. The van der Waals surface area contributed by atoms with Crippen LogP contribution in [0.15, 0.2) is 60.7 Å². The number of nitrogens with one attached hydrogen (secondary N) is 2. The second-order valence-electron chi connectivity index (χ2n) is 5.20. The molecule has 24 heavy (non-hydrogen) atoms. The highest BCUT2D eigenvalue weighted by molar-refractivity contribution is 6.04. The van der Waals surface area contributed by atoms with Crippen LogP contribution in [0, 0.1) is 0 Å². The van der Waals surface area contributed by atoms with Crippen molar-refractivity contribution in [3.05, 3.63) is 66.2 Å². The lowest BCUT2D eigenvalue weighted by atomic mass is 10.1. The Balaban J connectivity index is 1.75. The van der Waals surface area contributed by atoms with E-state index in [1.165, 1.54) is 0 Å². The van der Waals surface area contributed by atoms with Crippen molar-refractivity contribution >= 4 is 23.8 Å². The van der Waals surface area contributed by atoms with Crippen LogP contribution in [-0.2, 0) is 11.8 Å². The van der Waals surface area contributed by atoms with Crippen LogP contribution in [0.2, 0.25) is 0 Å². The third-order valence-electron chi connectivity index (χ3n) is 3.56. The zero-order valence-electron chi connectivity index (χ0n) is 13.1. The first-order valence-electron chi connectivity index (χ1n) is 7.38. The molecule has 2 amide bonds. The second-order valence-corrected chi connectivity index (χ2v) is 5.20. The Hall–Kier alpha value is -3.41. The normalized spacial score (nSPS) is 10.2. The first-order chi connectivity index (χ1) is 11.7. The quantitative estimate of drug-likeness (QED) is 0.710. The van der Waals surface area contributed by atoms with E-state index in [1.807, 2.05) is 42.5 Å². The zero-order valence-corrected chi connectivity index (χ0v) is 13.1. The molecule has 0 saturated heterocycles. The van der Waals surface area contributed by atoms with Gasteiger partial charge in [-0.25, -0.2) is 0 Å². The van der Waals surface area contributed by atoms with Crippen LogP contribution in [-0.4, -0.2) is 22.1 Å². The lowest BCUT2D eigenvalue weighted by Crippen LogP contribution is -2.11. The minimum absolute atomic E-state index is 0.154. The largest absolute Gasteiger partial charge is 0.322 e. The Morgan fingerprint density at radius 1 is 1.08 bits per heavy atom. The fourth-order valence-electron chi connectivity index (χ4n) is 2.32. The molecule has 1 heterocycles. The maximum absolute atomic E-state index is 12.1. The predicted octanol–water partition coefficient (Wildman–Crippen LogP) is 2.91. The van der Waals surface area contributed by atoms with E-state index in [2.05, 4.69) is 15.7 Å². The minimum atomic E-state index is -0.154. The number of benzene rings is 2. The summed E-state index contributed by atoms with van der Waals surface area (Å²) in [6.07, 6.45) is 0.614. The van der Waals surface area contributed by atoms with Gasteiger partial charge in [-0.2, -0.15) is 5.10 Å². The molecule has 0 aliphatic carbocycles. The summed E-state index contributed by atoms with van der Waals surface area (Å²) in [5, 5.41) is 9.78. The van der Waals surface area contributed by atoms with Crippen molar-refractivity contribution in [2.45, 2.75) is 0 Å². The average molecular weight is 320 g/mol. The number of anilines is 2. The van der Waals surface area contributed by atoms with Crippen molar-refractivity contribution in [2.24, 2.45) is 7.05 Å². The van der Waals surface area contributed by atoms with Crippen LogP contribution >= 0.6 is 0 Å². The third-order valence-corrected chi connectivity index (χ3v) is 3.56. The van der Waals surface area contributed by atoms with E-state index in [1.54, 1.807) is 29.9 Å². The lowest BCUT2D eigenvalue weighted by molar-refractivity contribution is -0.105. The highest BCUT2D eigenvalue weighted by Gasteiger charge is 2.08. The van der Waals surface area contributed by atoms with E-state index in [-0.39, 0.29) is 5.91 Å². The van der Waals surface area contributed by atoms with Crippen molar-refractivity contribution in [1.29, 1.82) is 0 Å². The summed E-state index contributed by atoms with van der Waals surface area (Å²) in [4.78, 5) is 22.7. The highest BCUT2D eigenvalue weighted by atomic mass is 16.1. The molecule has 0 unspecified atom stereocenters. The molecule has 0 radical (unpaired) electrons. The summed E-state index contributed by atoms with van der Waals surface area (Å²) < 4.78 is 1.59. The molecular weight excluding hydrogens is 304 g/mol. The van der Waals surface area contributed by atoms with E-state index in [9.17, 15) is 9.59 Å². The molecule has 0 saturated carbocycles.